The van der Waals surface area contributed by atoms with E-state index in [4.69, 9.17) is 26.2 Å². The molecule has 0 saturated heterocycles. The molecule has 0 saturated carbocycles. The smallest absolute Gasteiger partial charge is 0.304 e. The average molecular weight is 316 g/mol. The van der Waals surface area contributed by atoms with Crippen molar-refractivity contribution in [2.45, 2.75) is 32.9 Å². The molecule has 0 aliphatic heterocycles. The van der Waals surface area contributed by atoms with Gasteiger partial charge in [0.15, 0.2) is 11.5 Å². The molecule has 118 valence electrons. The van der Waals surface area contributed by atoms with Crippen LogP contribution in [-0.4, -0.2) is 42.8 Å². The molecule has 1 rings (SSSR count). The number of carboxylic acids is 1. The number of methoxy groups -OCH3 is 2. The second kappa shape index (κ2) is 8.10. The topological polar surface area (TPSA) is 59.0 Å². The van der Waals surface area contributed by atoms with Crippen LogP contribution in [0.5, 0.6) is 11.5 Å². The van der Waals surface area contributed by atoms with Gasteiger partial charge in [-0.3, -0.25) is 9.69 Å². The third-order valence-electron chi connectivity index (χ3n) is 3.28. The van der Waals surface area contributed by atoms with Gasteiger partial charge in [0.1, 0.15) is 0 Å². The SMILES string of the molecule is COc1ccc(CN(CCC(=O)O)C(C)C)c(Cl)c1OC. The number of carbonyl (C=O) groups is 1. The van der Waals surface area contributed by atoms with Crippen molar-refractivity contribution in [1.29, 1.82) is 0 Å². The van der Waals surface area contributed by atoms with Gasteiger partial charge in [-0.25, -0.2) is 0 Å². The maximum Gasteiger partial charge on any atom is 0.304 e. The van der Waals surface area contributed by atoms with Gasteiger partial charge in [-0.05, 0) is 25.5 Å². The highest BCUT2D eigenvalue weighted by atomic mass is 35.5. The van der Waals surface area contributed by atoms with Crippen molar-refractivity contribution in [2.75, 3.05) is 20.8 Å². The molecule has 0 heterocycles. The zero-order chi connectivity index (χ0) is 16.0. The molecular formula is C15H22ClNO4. The van der Waals surface area contributed by atoms with Crippen molar-refractivity contribution in [3.05, 3.63) is 22.7 Å². The Balaban J connectivity index is 2.96. The van der Waals surface area contributed by atoms with Crippen LogP contribution >= 0.6 is 11.6 Å². The number of hydrogen-bond donors (Lipinski definition) is 1. The fourth-order valence-electron chi connectivity index (χ4n) is 2.03. The molecule has 1 aromatic carbocycles. The van der Waals surface area contributed by atoms with Crippen LogP contribution in [0.4, 0.5) is 0 Å². The molecule has 0 bridgehead atoms. The minimum absolute atomic E-state index is 0.100. The van der Waals surface area contributed by atoms with E-state index in [1.165, 1.54) is 7.11 Å². The van der Waals surface area contributed by atoms with Crippen molar-refractivity contribution in [2.24, 2.45) is 0 Å². The normalized spacial score (nSPS) is 11.0. The summed E-state index contributed by atoms with van der Waals surface area (Å²) in [6.45, 7) is 5.08. The summed E-state index contributed by atoms with van der Waals surface area (Å²) in [5.74, 6) is 0.269. The zero-order valence-electron chi connectivity index (χ0n) is 12.9. The summed E-state index contributed by atoms with van der Waals surface area (Å²) < 4.78 is 10.5. The number of halogens is 1. The lowest BCUT2D eigenvalue weighted by Gasteiger charge is -2.26. The lowest BCUT2D eigenvalue weighted by atomic mass is 10.1. The van der Waals surface area contributed by atoms with Gasteiger partial charge in [-0.2, -0.15) is 0 Å². The number of aliphatic carboxylic acids is 1. The van der Waals surface area contributed by atoms with E-state index in [2.05, 4.69) is 4.90 Å². The first-order chi connectivity index (χ1) is 9.90. The van der Waals surface area contributed by atoms with Gasteiger partial charge in [0.05, 0.1) is 25.7 Å². The van der Waals surface area contributed by atoms with Crippen molar-refractivity contribution in [1.82, 2.24) is 4.90 Å². The van der Waals surface area contributed by atoms with Gasteiger partial charge in [-0.1, -0.05) is 17.7 Å². The van der Waals surface area contributed by atoms with Crippen molar-refractivity contribution in [3.63, 3.8) is 0 Å². The first kappa shape index (κ1) is 17.6. The van der Waals surface area contributed by atoms with Gasteiger partial charge >= 0.3 is 5.97 Å². The molecule has 21 heavy (non-hydrogen) atoms. The van der Waals surface area contributed by atoms with Gasteiger partial charge in [0, 0.05) is 19.1 Å². The summed E-state index contributed by atoms with van der Waals surface area (Å²) in [6, 6.07) is 3.89. The maximum atomic E-state index is 10.7. The fourth-order valence-corrected chi connectivity index (χ4v) is 2.32. The van der Waals surface area contributed by atoms with E-state index in [-0.39, 0.29) is 12.5 Å². The predicted octanol–water partition coefficient (Wildman–Crippen LogP) is 3.04. The quantitative estimate of drug-likeness (QED) is 0.799. The Morgan fingerprint density at radius 1 is 1.33 bits per heavy atom. The van der Waals surface area contributed by atoms with Gasteiger partial charge in [0.25, 0.3) is 0 Å². The first-order valence-corrected chi connectivity index (χ1v) is 7.13. The van der Waals surface area contributed by atoms with Crippen molar-refractivity contribution < 1.29 is 19.4 Å². The lowest BCUT2D eigenvalue weighted by Crippen LogP contribution is -2.32. The molecule has 1 aromatic rings. The van der Waals surface area contributed by atoms with E-state index in [1.807, 2.05) is 19.9 Å². The van der Waals surface area contributed by atoms with Gasteiger partial charge in [0.2, 0.25) is 0 Å². The Kier molecular flexibility index (Phi) is 6.78. The summed E-state index contributed by atoms with van der Waals surface area (Å²) >= 11 is 6.36. The van der Waals surface area contributed by atoms with Gasteiger partial charge in [-0.15, -0.1) is 0 Å². The van der Waals surface area contributed by atoms with E-state index in [1.54, 1.807) is 13.2 Å². The van der Waals surface area contributed by atoms with Crippen LogP contribution in [0.2, 0.25) is 5.02 Å². The highest BCUT2D eigenvalue weighted by molar-refractivity contribution is 6.33. The van der Waals surface area contributed by atoms with E-state index in [9.17, 15) is 4.79 Å². The van der Waals surface area contributed by atoms with Crippen LogP contribution in [0.3, 0.4) is 0 Å². The molecule has 0 atom stereocenters. The van der Waals surface area contributed by atoms with E-state index in [0.29, 0.717) is 29.6 Å². The minimum Gasteiger partial charge on any atom is -0.493 e. The summed E-state index contributed by atoms with van der Waals surface area (Å²) in [4.78, 5) is 12.8. The summed E-state index contributed by atoms with van der Waals surface area (Å²) in [5, 5.41) is 9.32. The number of hydrogen-bond acceptors (Lipinski definition) is 4. The Bertz CT molecular complexity index is 491. The monoisotopic (exact) mass is 315 g/mol. The summed E-state index contributed by atoms with van der Waals surface area (Å²) in [7, 11) is 3.10. The molecule has 0 aromatic heterocycles. The van der Waals surface area contributed by atoms with E-state index >= 15 is 0 Å². The van der Waals surface area contributed by atoms with Crippen LogP contribution < -0.4 is 9.47 Å². The number of nitrogens with zero attached hydrogens (tertiary/aromatic N) is 1. The molecule has 0 unspecified atom stereocenters. The van der Waals surface area contributed by atoms with Gasteiger partial charge < -0.3 is 14.6 Å². The Labute approximate surface area is 130 Å². The predicted molar refractivity (Wildman–Crippen MR) is 82.4 cm³/mol. The molecule has 0 radical (unpaired) electrons. The van der Waals surface area contributed by atoms with Crippen LogP contribution in [0.1, 0.15) is 25.8 Å². The van der Waals surface area contributed by atoms with Crippen molar-refractivity contribution in [3.8, 4) is 11.5 Å². The molecule has 0 spiro atoms. The molecule has 6 heteroatoms. The van der Waals surface area contributed by atoms with Crippen LogP contribution in [0.15, 0.2) is 12.1 Å². The second-order valence-corrected chi connectivity index (χ2v) is 5.36. The number of rotatable bonds is 8. The Morgan fingerprint density at radius 3 is 2.48 bits per heavy atom. The maximum absolute atomic E-state index is 10.7. The third-order valence-corrected chi connectivity index (χ3v) is 3.70. The summed E-state index contributed by atoms with van der Waals surface area (Å²) in [5.41, 5.74) is 0.883. The molecule has 0 aliphatic rings. The van der Waals surface area contributed by atoms with Crippen LogP contribution in [0, 0.1) is 0 Å². The minimum atomic E-state index is -0.806. The lowest BCUT2D eigenvalue weighted by molar-refractivity contribution is -0.137. The highest BCUT2D eigenvalue weighted by Crippen LogP contribution is 2.37. The first-order valence-electron chi connectivity index (χ1n) is 6.75. The van der Waals surface area contributed by atoms with Crippen LogP contribution in [-0.2, 0) is 11.3 Å². The molecule has 0 amide bonds. The molecule has 1 N–H and O–H groups in total. The highest BCUT2D eigenvalue weighted by Gasteiger charge is 2.17. The largest absolute Gasteiger partial charge is 0.493 e. The fraction of sp³-hybridized carbons (Fsp3) is 0.533. The third kappa shape index (κ3) is 4.79. The van der Waals surface area contributed by atoms with E-state index in [0.717, 1.165) is 5.56 Å². The Hall–Kier alpha value is -1.46. The second-order valence-electron chi connectivity index (χ2n) is 4.98. The van der Waals surface area contributed by atoms with Crippen molar-refractivity contribution >= 4 is 17.6 Å². The number of carboxylic acid groups (broad SMARTS) is 1. The molecular weight excluding hydrogens is 294 g/mol. The van der Waals surface area contributed by atoms with E-state index < -0.39 is 5.97 Å². The molecule has 0 fully saturated rings. The summed E-state index contributed by atoms with van der Waals surface area (Å²) in [6.07, 6.45) is 0.100. The number of benzene rings is 1. The standard InChI is InChI=1S/C15H22ClNO4/c1-10(2)17(8-7-13(18)19)9-11-5-6-12(20-3)15(21-4)14(11)16/h5-6,10H,7-9H2,1-4H3,(H,18,19). The zero-order valence-corrected chi connectivity index (χ0v) is 13.6. The van der Waals surface area contributed by atoms with Crippen LogP contribution in [0.25, 0.3) is 0 Å². The Morgan fingerprint density at radius 2 is 2.00 bits per heavy atom. The molecule has 0 aliphatic carbocycles. The number of ether oxygens (including phenoxy) is 2. The molecule has 5 nitrogen and oxygen atoms in total. The average Bonchev–Trinajstić information content (AvgIpc) is 2.43.